The van der Waals surface area contributed by atoms with Crippen molar-refractivity contribution < 1.29 is 14.3 Å². The summed E-state index contributed by atoms with van der Waals surface area (Å²) >= 11 is 0. The predicted molar refractivity (Wildman–Crippen MR) is 112 cm³/mol. The van der Waals surface area contributed by atoms with E-state index in [9.17, 15) is 9.59 Å². The number of aromatic nitrogens is 1. The molecule has 0 amide bonds. The molecule has 4 nitrogen and oxygen atoms in total. The molecule has 4 heteroatoms. The Morgan fingerprint density at radius 3 is 2.14 bits per heavy atom. The predicted octanol–water partition coefficient (Wildman–Crippen LogP) is 5.31. The zero-order chi connectivity index (χ0) is 20.6. The van der Waals surface area contributed by atoms with Gasteiger partial charge in [0.25, 0.3) is 0 Å². The van der Waals surface area contributed by atoms with E-state index in [0.717, 1.165) is 45.1 Å². The molecule has 0 spiro atoms. The van der Waals surface area contributed by atoms with Crippen molar-refractivity contribution in [1.29, 1.82) is 0 Å². The molecule has 1 heterocycles. The Labute approximate surface area is 165 Å². The van der Waals surface area contributed by atoms with Crippen LogP contribution in [0.3, 0.4) is 0 Å². The van der Waals surface area contributed by atoms with Crippen LogP contribution >= 0.6 is 0 Å². The van der Waals surface area contributed by atoms with Gasteiger partial charge in [0.1, 0.15) is 0 Å². The van der Waals surface area contributed by atoms with E-state index in [0.29, 0.717) is 11.1 Å². The summed E-state index contributed by atoms with van der Waals surface area (Å²) in [5, 5.41) is 0.870. The van der Waals surface area contributed by atoms with Gasteiger partial charge in [0.05, 0.1) is 5.56 Å². The minimum atomic E-state index is -0.441. The fourth-order valence-electron chi connectivity index (χ4n) is 3.83. The van der Waals surface area contributed by atoms with E-state index in [1.165, 1.54) is 5.56 Å². The number of hydrogen-bond donors (Lipinski definition) is 1. The van der Waals surface area contributed by atoms with Gasteiger partial charge < -0.3 is 9.72 Å². The first-order chi connectivity index (χ1) is 13.3. The Morgan fingerprint density at radius 2 is 1.54 bits per heavy atom. The molecule has 0 aliphatic heterocycles. The van der Waals surface area contributed by atoms with Crippen LogP contribution in [-0.4, -0.2) is 23.3 Å². The molecule has 3 aromatic rings. The first kappa shape index (κ1) is 19.9. The van der Waals surface area contributed by atoms with E-state index in [4.69, 9.17) is 4.74 Å². The normalized spacial score (nSPS) is 11.1. The largest absolute Gasteiger partial charge is 0.454 e. The molecule has 0 atom stereocenters. The van der Waals surface area contributed by atoms with Crippen molar-refractivity contribution in [3.05, 3.63) is 68.9 Å². The number of nitrogens with one attached hydrogen (secondary N) is 1. The number of fused-ring (bicyclic) bond motifs is 1. The molecule has 1 N–H and O–H groups in total. The molecule has 0 saturated carbocycles. The lowest BCUT2D eigenvalue weighted by Gasteiger charge is -2.17. The van der Waals surface area contributed by atoms with Crippen molar-refractivity contribution in [1.82, 2.24) is 4.98 Å². The highest BCUT2D eigenvalue weighted by atomic mass is 16.5. The second-order valence-corrected chi connectivity index (χ2v) is 7.39. The van der Waals surface area contributed by atoms with E-state index in [2.05, 4.69) is 18.8 Å². The zero-order valence-electron chi connectivity index (χ0n) is 17.4. The van der Waals surface area contributed by atoms with Crippen molar-refractivity contribution in [3.8, 4) is 0 Å². The van der Waals surface area contributed by atoms with Crippen molar-refractivity contribution in [2.45, 2.75) is 48.0 Å². The van der Waals surface area contributed by atoms with Gasteiger partial charge in [-0.25, -0.2) is 4.79 Å². The summed E-state index contributed by atoms with van der Waals surface area (Å²) in [5.74, 6) is -0.646. The van der Waals surface area contributed by atoms with Gasteiger partial charge >= 0.3 is 5.97 Å². The second-order valence-electron chi connectivity index (χ2n) is 7.39. The van der Waals surface area contributed by atoms with Gasteiger partial charge in [-0.3, -0.25) is 4.79 Å². The lowest BCUT2D eigenvalue weighted by atomic mass is 9.90. The number of ketones is 1. The number of benzene rings is 2. The van der Waals surface area contributed by atoms with Gasteiger partial charge in [-0.2, -0.15) is 0 Å². The minimum Gasteiger partial charge on any atom is -0.454 e. The van der Waals surface area contributed by atoms with E-state index in [-0.39, 0.29) is 12.4 Å². The molecule has 0 aliphatic rings. The Hall–Kier alpha value is -2.88. The maximum atomic E-state index is 12.8. The van der Waals surface area contributed by atoms with Crippen LogP contribution in [0, 0.1) is 34.6 Å². The number of para-hydroxylation sites is 1. The highest BCUT2D eigenvalue weighted by Gasteiger charge is 2.21. The summed E-state index contributed by atoms with van der Waals surface area (Å²) in [4.78, 5) is 28.7. The first-order valence-electron chi connectivity index (χ1n) is 9.64. The highest BCUT2D eigenvalue weighted by Crippen LogP contribution is 2.27. The average Bonchev–Trinajstić information content (AvgIpc) is 3.13. The molecule has 0 aliphatic carbocycles. The number of esters is 1. The molecule has 0 unspecified atom stereocenters. The number of Topliss-reactive ketones (excluding diaryl/α,β-unsaturated/α-hetero) is 1. The van der Waals surface area contributed by atoms with E-state index >= 15 is 0 Å². The number of hydrogen-bond acceptors (Lipinski definition) is 3. The van der Waals surface area contributed by atoms with Gasteiger partial charge in [0, 0.05) is 22.7 Å². The number of ether oxygens (including phenoxy) is 1. The third kappa shape index (κ3) is 3.24. The van der Waals surface area contributed by atoms with Crippen molar-refractivity contribution >= 4 is 22.7 Å². The summed E-state index contributed by atoms with van der Waals surface area (Å²) in [6, 6.07) is 5.91. The van der Waals surface area contributed by atoms with Crippen molar-refractivity contribution in [3.63, 3.8) is 0 Å². The van der Waals surface area contributed by atoms with Crippen LogP contribution in [0.25, 0.3) is 10.9 Å². The van der Waals surface area contributed by atoms with Crippen LogP contribution in [0.1, 0.15) is 61.0 Å². The topological polar surface area (TPSA) is 59.2 Å². The lowest BCUT2D eigenvalue weighted by Crippen LogP contribution is -2.17. The first-order valence-corrected chi connectivity index (χ1v) is 9.64. The van der Waals surface area contributed by atoms with Crippen LogP contribution in [-0.2, 0) is 11.2 Å². The van der Waals surface area contributed by atoms with Crippen molar-refractivity contribution in [2.24, 2.45) is 0 Å². The second kappa shape index (κ2) is 7.63. The maximum absolute atomic E-state index is 12.8. The molecular weight excluding hydrogens is 350 g/mol. The SMILES string of the molecule is CCc1cccc2c(C(=O)COC(=O)c3c(C)c(C)c(C)c(C)c3C)c[nH]c12. The van der Waals surface area contributed by atoms with E-state index < -0.39 is 5.97 Å². The maximum Gasteiger partial charge on any atom is 0.339 e. The fourth-order valence-corrected chi connectivity index (χ4v) is 3.83. The Balaban J connectivity index is 1.84. The van der Waals surface area contributed by atoms with Crippen LogP contribution in [0.4, 0.5) is 0 Å². The van der Waals surface area contributed by atoms with Gasteiger partial charge in [0.2, 0.25) is 5.78 Å². The molecule has 0 fully saturated rings. The number of carbonyl (C=O) groups is 2. The highest BCUT2D eigenvalue weighted by molar-refractivity contribution is 6.09. The molecule has 1 aromatic heterocycles. The molecule has 146 valence electrons. The van der Waals surface area contributed by atoms with Gasteiger partial charge in [-0.05, 0) is 74.4 Å². The fraction of sp³-hybridized carbons (Fsp3) is 0.333. The monoisotopic (exact) mass is 377 g/mol. The summed E-state index contributed by atoms with van der Waals surface area (Å²) in [7, 11) is 0. The number of rotatable bonds is 5. The molecule has 0 saturated heterocycles. The standard InChI is InChI=1S/C24H27NO3/c1-7-18-9-8-10-19-20(11-25-23(18)19)21(26)12-28-24(27)22-16(5)14(3)13(2)15(4)17(22)6/h8-11,25H,7,12H2,1-6H3. The minimum absolute atomic E-state index is 0.205. The molecule has 28 heavy (non-hydrogen) atoms. The van der Waals surface area contributed by atoms with Gasteiger partial charge in [-0.1, -0.05) is 25.1 Å². The molecular formula is C24H27NO3. The Morgan fingerprint density at radius 1 is 0.929 bits per heavy atom. The van der Waals surface area contributed by atoms with Crippen LogP contribution in [0.15, 0.2) is 24.4 Å². The summed E-state index contributed by atoms with van der Waals surface area (Å²) in [5.41, 5.74) is 8.45. The third-order valence-electron chi connectivity index (χ3n) is 6.02. The van der Waals surface area contributed by atoms with E-state index in [1.54, 1.807) is 6.20 Å². The third-order valence-corrected chi connectivity index (χ3v) is 6.02. The number of carbonyl (C=O) groups excluding carboxylic acids is 2. The quantitative estimate of drug-likeness (QED) is 0.484. The van der Waals surface area contributed by atoms with Crippen LogP contribution < -0.4 is 0 Å². The molecule has 2 aromatic carbocycles. The Bertz CT molecular complexity index is 1060. The molecule has 3 rings (SSSR count). The van der Waals surface area contributed by atoms with Gasteiger partial charge in [0.15, 0.2) is 6.61 Å². The van der Waals surface area contributed by atoms with Crippen LogP contribution in [0.2, 0.25) is 0 Å². The lowest BCUT2D eigenvalue weighted by molar-refractivity contribution is 0.0473. The summed E-state index contributed by atoms with van der Waals surface area (Å²) in [6.07, 6.45) is 2.59. The number of aryl methyl sites for hydroxylation is 1. The van der Waals surface area contributed by atoms with E-state index in [1.807, 2.05) is 45.9 Å². The van der Waals surface area contributed by atoms with Crippen molar-refractivity contribution in [2.75, 3.05) is 6.61 Å². The smallest absolute Gasteiger partial charge is 0.339 e. The summed E-state index contributed by atoms with van der Waals surface area (Å²) < 4.78 is 5.43. The number of H-pyrrole nitrogens is 1. The van der Waals surface area contributed by atoms with Crippen LogP contribution in [0.5, 0.6) is 0 Å². The number of aromatic amines is 1. The average molecular weight is 377 g/mol. The molecule has 0 bridgehead atoms. The zero-order valence-corrected chi connectivity index (χ0v) is 17.4. The van der Waals surface area contributed by atoms with Gasteiger partial charge in [-0.15, -0.1) is 0 Å². The Kier molecular flexibility index (Phi) is 5.41. The molecule has 0 radical (unpaired) electrons. The summed E-state index contributed by atoms with van der Waals surface area (Å²) in [6.45, 7) is 11.7.